The maximum Gasteiger partial charge on any atom is 0.237 e. The summed E-state index contributed by atoms with van der Waals surface area (Å²) in [5.41, 5.74) is 7.49. The molecule has 0 aliphatic heterocycles. The van der Waals surface area contributed by atoms with Crippen molar-refractivity contribution in [1.82, 2.24) is 5.32 Å². The summed E-state index contributed by atoms with van der Waals surface area (Å²) in [6.45, 7) is 4.73. The van der Waals surface area contributed by atoms with Crippen LogP contribution < -0.4 is 21.1 Å². The van der Waals surface area contributed by atoms with E-state index in [1.165, 1.54) is 0 Å². The fraction of sp³-hybridized carbons (Fsp3) is 0.364. The predicted octanol–water partition coefficient (Wildman–Crippen LogP) is 3.08. The zero-order chi connectivity index (χ0) is 20.4. The molecule has 0 fully saturated rings. The van der Waals surface area contributed by atoms with E-state index in [1.807, 2.05) is 68.4 Å². The Morgan fingerprint density at radius 2 is 1.71 bits per heavy atom. The number of nitrogens with one attached hydrogen (secondary N) is 2. The molecule has 0 bridgehead atoms. The zero-order valence-corrected chi connectivity index (χ0v) is 16.5. The predicted molar refractivity (Wildman–Crippen MR) is 111 cm³/mol. The van der Waals surface area contributed by atoms with Gasteiger partial charge >= 0.3 is 0 Å². The Morgan fingerprint density at radius 3 is 2.36 bits per heavy atom. The maximum absolute atomic E-state index is 12.0. The minimum Gasteiger partial charge on any atom is -0.494 e. The Labute approximate surface area is 166 Å². The minimum atomic E-state index is -0.510. The van der Waals surface area contributed by atoms with Crippen molar-refractivity contribution in [2.45, 2.75) is 39.3 Å². The molecule has 6 nitrogen and oxygen atoms in total. The van der Waals surface area contributed by atoms with Gasteiger partial charge in [-0.3, -0.25) is 9.59 Å². The molecule has 6 heteroatoms. The second kappa shape index (κ2) is 11.1. The monoisotopic (exact) mass is 383 g/mol. The Kier molecular flexibility index (Phi) is 8.49. The third kappa shape index (κ3) is 7.40. The Balaban J connectivity index is 1.68. The maximum atomic E-state index is 12.0. The number of carbonyl (C=O) groups is 2. The van der Waals surface area contributed by atoms with Crippen LogP contribution in [0.4, 0.5) is 5.69 Å². The third-order valence-electron chi connectivity index (χ3n) is 4.29. The van der Waals surface area contributed by atoms with Gasteiger partial charge in [0.25, 0.3) is 0 Å². The fourth-order valence-electron chi connectivity index (χ4n) is 2.48. The van der Waals surface area contributed by atoms with Crippen molar-refractivity contribution in [1.29, 1.82) is 0 Å². The van der Waals surface area contributed by atoms with Gasteiger partial charge in [-0.05, 0) is 42.2 Å². The molecule has 2 amide bonds. The summed E-state index contributed by atoms with van der Waals surface area (Å²) in [5.74, 6) is 0.682. The largest absolute Gasteiger partial charge is 0.494 e. The van der Waals surface area contributed by atoms with E-state index in [0.717, 1.165) is 17.0 Å². The molecule has 28 heavy (non-hydrogen) atoms. The fourth-order valence-corrected chi connectivity index (χ4v) is 2.48. The quantitative estimate of drug-likeness (QED) is 0.550. The van der Waals surface area contributed by atoms with E-state index in [9.17, 15) is 9.59 Å². The molecular weight excluding hydrogens is 354 g/mol. The summed E-state index contributed by atoms with van der Waals surface area (Å²) in [6, 6.07) is 16.4. The number of nitrogens with two attached hydrogens (primary N) is 1. The summed E-state index contributed by atoms with van der Waals surface area (Å²) >= 11 is 0. The smallest absolute Gasteiger partial charge is 0.237 e. The van der Waals surface area contributed by atoms with Crippen LogP contribution >= 0.6 is 0 Å². The summed E-state index contributed by atoms with van der Waals surface area (Å²) in [5, 5.41) is 5.69. The number of rotatable bonds is 10. The first-order valence-electron chi connectivity index (χ1n) is 9.55. The van der Waals surface area contributed by atoms with Crippen LogP contribution in [0.3, 0.4) is 0 Å². The van der Waals surface area contributed by atoms with Gasteiger partial charge in [0.2, 0.25) is 11.8 Å². The molecule has 0 spiro atoms. The molecule has 0 saturated carbocycles. The highest BCUT2D eigenvalue weighted by Gasteiger charge is 2.16. The molecule has 1 atom stereocenters. The van der Waals surface area contributed by atoms with Gasteiger partial charge in [-0.15, -0.1) is 0 Å². The van der Waals surface area contributed by atoms with Gasteiger partial charge in [0, 0.05) is 18.7 Å². The van der Waals surface area contributed by atoms with Gasteiger partial charge in [-0.25, -0.2) is 0 Å². The first kappa shape index (κ1) is 21.4. The van der Waals surface area contributed by atoms with Crippen molar-refractivity contribution in [2.24, 2.45) is 11.7 Å². The van der Waals surface area contributed by atoms with Crippen molar-refractivity contribution < 1.29 is 14.3 Å². The highest BCUT2D eigenvalue weighted by atomic mass is 16.5. The Morgan fingerprint density at radius 1 is 1.04 bits per heavy atom. The van der Waals surface area contributed by atoms with Crippen LogP contribution in [-0.2, 0) is 16.1 Å². The average molecular weight is 383 g/mol. The summed E-state index contributed by atoms with van der Waals surface area (Å²) < 4.78 is 5.58. The van der Waals surface area contributed by atoms with Gasteiger partial charge in [-0.1, -0.05) is 44.2 Å². The molecule has 0 radical (unpaired) electrons. The van der Waals surface area contributed by atoms with E-state index in [1.54, 1.807) is 0 Å². The van der Waals surface area contributed by atoms with Crippen LogP contribution in [-0.4, -0.2) is 24.5 Å². The molecule has 2 rings (SSSR count). The van der Waals surface area contributed by atoms with Crippen molar-refractivity contribution in [3.05, 3.63) is 60.2 Å². The van der Waals surface area contributed by atoms with Gasteiger partial charge in [0.1, 0.15) is 5.75 Å². The second-order valence-electron chi connectivity index (χ2n) is 7.00. The van der Waals surface area contributed by atoms with Crippen molar-refractivity contribution in [2.75, 3.05) is 11.9 Å². The molecule has 2 aromatic carbocycles. The Bertz CT molecular complexity index is 745. The molecule has 0 saturated heterocycles. The lowest BCUT2D eigenvalue weighted by molar-refractivity contribution is -0.123. The highest BCUT2D eigenvalue weighted by molar-refractivity contribution is 5.90. The molecule has 2 aromatic rings. The highest BCUT2D eigenvalue weighted by Crippen LogP contribution is 2.12. The SMILES string of the molecule is CC(C)[C@H](N)C(=O)NCc1ccc(NC(=O)CCCOc2ccccc2)cc1. The van der Waals surface area contributed by atoms with Crippen LogP contribution in [0.1, 0.15) is 32.3 Å². The number of benzene rings is 2. The second-order valence-corrected chi connectivity index (χ2v) is 7.00. The third-order valence-corrected chi connectivity index (χ3v) is 4.29. The van der Waals surface area contributed by atoms with Gasteiger partial charge in [-0.2, -0.15) is 0 Å². The molecular formula is C22H29N3O3. The zero-order valence-electron chi connectivity index (χ0n) is 16.5. The molecule has 0 aliphatic rings. The topological polar surface area (TPSA) is 93.5 Å². The van der Waals surface area contributed by atoms with Crippen molar-refractivity contribution in [3.8, 4) is 5.75 Å². The number of ether oxygens (including phenoxy) is 1. The standard InChI is InChI=1S/C22H29N3O3/c1-16(2)21(23)22(27)24-15-17-10-12-18(13-11-17)25-20(26)9-6-14-28-19-7-4-3-5-8-19/h3-5,7-8,10-13,16,21H,6,9,14-15,23H2,1-2H3,(H,24,27)(H,25,26)/t21-/m0/s1. The van der Waals surface area contributed by atoms with E-state index in [4.69, 9.17) is 10.5 Å². The van der Waals surface area contributed by atoms with Crippen molar-refractivity contribution in [3.63, 3.8) is 0 Å². The molecule has 0 aliphatic carbocycles. The van der Waals surface area contributed by atoms with Gasteiger partial charge < -0.3 is 21.1 Å². The lowest BCUT2D eigenvalue weighted by Crippen LogP contribution is -2.43. The number of hydrogen-bond acceptors (Lipinski definition) is 4. The first-order chi connectivity index (χ1) is 13.5. The normalized spacial score (nSPS) is 11.7. The number of hydrogen-bond donors (Lipinski definition) is 3. The van der Waals surface area contributed by atoms with Crippen LogP contribution in [0.2, 0.25) is 0 Å². The van der Waals surface area contributed by atoms with Crippen LogP contribution in [0.5, 0.6) is 5.75 Å². The molecule has 0 aromatic heterocycles. The molecule has 150 valence electrons. The summed E-state index contributed by atoms with van der Waals surface area (Å²) in [7, 11) is 0. The summed E-state index contributed by atoms with van der Waals surface area (Å²) in [6.07, 6.45) is 1.03. The van der Waals surface area contributed by atoms with Crippen LogP contribution in [0, 0.1) is 5.92 Å². The molecule has 0 heterocycles. The van der Waals surface area contributed by atoms with Gasteiger partial charge in [0.05, 0.1) is 12.6 Å². The van der Waals surface area contributed by atoms with Crippen molar-refractivity contribution >= 4 is 17.5 Å². The van der Waals surface area contributed by atoms with E-state index >= 15 is 0 Å². The minimum absolute atomic E-state index is 0.0550. The van der Waals surface area contributed by atoms with Crippen LogP contribution in [0.25, 0.3) is 0 Å². The Hall–Kier alpha value is -2.86. The van der Waals surface area contributed by atoms with E-state index in [0.29, 0.717) is 26.0 Å². The number of carbonyl (C=O) groups excluding carboxylic acids is 2. The lowest BCUT2D eigenvalue weighted by Gasteiger charge is -2.15. The number of anilines is 1. The summed E-state index contributed by atoms with van der Waals surface area (Å²) in [4.78, 5) is 23.9. The number of amides is 2. The first-order valence-corrected chi connectivity index (χ1v) is 9.55. The van der Waals surface area contributed by atoms with Gasteiger partial charge in [0.15, 0.2) is 0 Å². The van der Waals surface area contributed by atoms with E-state index in [-0.39, 0.29) is 17.7 Å². The average Bonchev–Trinajstić information content (AvgIpc) is 2.70. The molecule has 4 N–H and O–H groups in total. The van der Waals surface area contributed by atoms with E-state index in [2.05, 4.69) is 10.6 Å². The number of para-hydroxylation sites is 1. The lowest BCUT2D eigenvalue weighted by atomic mass is 10.0. The van der Waals surface area contributed by atoms with Crippen LogP contribution in [0.15, 0.2) is 54.6 Å². The van der Waals surface area contributed by atoms with E-state index < -0.39 is 6.04 Å². The molecule has 0 unspecified atom stereocenters.